The topological polar surface area (TPSA) is 77.7 Å². The summed E-state index contributed by atoms with van der Waals surface area (Å²) in [5, 5.41) is 8.80. The van der Waals surface area contributed by atoms with Crippen molar-refractivity contribution in [1.82, 2.24) is 9.78 Å². The number of allylic oxidation sites excluding steroid dienone is 3. The molecule has 0 saturated heterocycles. The smallest absolute Gasteiger partial charge is 0.252 e. The third-order valence-corrected chi connectivity index (χ3v) is 5.54. The molecule has 3 rings (SSSR count). The summed E-state index contributed by atoms with van der Waals surface area (Å²) in [6.07, 6.45) is 8.80. The Labute approximate surface area is 216 Å². The molecule has 8 heteroatoms. The number of aliphatic imine (C=N–C) groups is 1. The molecule has 0 aliphatic heterocycles. The van der Waals surface area contributed by atoms with Crippen molar-refractivity contribution in [3.63, 3.8) is 0 Å². The van der Waals surface area contributed by atoms with Crippen molar-refractivity contribution in [2.45, 2.75) is 27.3 Å². The van der Waals surface area contributed by atoms with E-state index in [2.05, 4.69) is 15.4 Å². The minimum Gasteiger partial charge on any atom is -0.491 e. The number of carbonyl (C=O) groups excluding carboxylic acids is 1. The van der Waals surface area contributed by atoms with E-state index >= 15 is 0 Å². The molecule has 0 aliphatic rings. The van der Waals surface area contributed by atoms with Gasteiger partial charge in [0.2, 0.25) is 0 Å². The molecule has 0 spiro atoms. The van der Waals surface area contributed by atoms with E-state index in [1.54, 1.807) is 38.4 Å². The lowest BCUT2D eigenvalue weighted by Crippen LogP contribution is -2.13. The quantitative estimate of drug-likeness (QED) is 0.111. The first-order valence-electron chi connectivity index (χ1n) is 11.6. The highest BCUT2D eigenvalue weighted by molar-refractivity contribution is 6.35. The predicted molar refractivity (Wildman–Crippen MR) is 147 cm³/mol. The van der Waals surface area contributed by atoms with Gasteiger partial charge in [-0.2, -0.15) is 5.10 Å². The largest absolute Gasteiger partial charge is 0.491 e. The maximum Gasteiger partial charge on any atom is 0.252 e. The van der Waals surface area contributed by atoms with Crippen LogP contribution in [0.2, 0.25) is 5.02 Å². The fraction of sp³-hybridized carbons (Fsp3) is 0.250. The number of aromatic nitrogens is 2. The van der Waals surface area contributed by atoms with Gasteiger partial charge in [-0.15, -0.1) is 0 Å². The minimum absolute atomic E-state index is 0.264. The van der Waals surface area contributed by atoms with Gasteiger partial charge in [-0.05, 0) is 44.5 Å². The Bertz CT molecular complexity index is 1310. The first kappa shape index (κ1) is 26.9. The Morgan fingerprint density at radius 3 is 2.67 bits per heavy atom. The van der Waals surface area contributed by atoms with Gasteiger partial charge in [-0.25, -0.2) is 0 Å². The van der Waals surface area contributed by atoms with E-state index < -0.39 is 0 Å². The van der Waals surface area contributed by atoms with Crippen molar-refractivity contribution >= 4 is 39.8 Å². The number of anilines is 1. The summed E-state index contributed by atoms with van der Waals surface area (Å²) >= 11 is 6.50. The van der Waals surface area contributed by atoms with Gasteiger partial charge in [-0.3, -0.25) is 14.5 Å². The van der Waals surface area contributed by atoms with Crippen LogP contribution in [0.1, 0.15) is 26.3 Å². The standard InChI is InChI=1S/C28H31ClN4O3/c1-5-9-23(36-15-14-35-4)16-21(3)30-17-20(2)28(34)32-26-13-12-25(29)27-24(26)18-31-33(27)19-22-10-7-6-8-11-22/h5-13,16-18H,14-15,19H2,1-4H3,(H,32,34)/b9-5-,20-17+,23-16+,30-21+. The number of benzene rings is 2. The molecular formula is C28H31ClN4O3. The molecule has 7 nitrogen and oxygen atoms in total. The predicted octanol–water partition coefficient (Wildman–Crippen LogP) is 6.16. The van der Waals surface area contributed by atoms with Crippen LogP contribution in [0.3, 0.4) is 0 Å². The van der Waals surface area contributed by atoms with Crippen molar-refractivity contribution < 1.29 is 14.3 Å². The number of rotatable bonds is 11. The van der Waals surface area contributed by atoms with E-state index in [4.69, 9.17) is 21.1 Å². The fourth-order valence-electron chi connectivity index (χ4n) is 3.41. The van der Waals surface area contributed by atoms with E-state index in [0.29, 0.717) is 47.5 Å². The van der Waals surface area contributed by atoms with Gasteiger partial charge >= 0.3 is 0 Å². The Morgan fingerprint density at radius 1 is 1.17 bits per heavy atom. The number of carbonyl (C=O) groups is 1. The molecule has 1 aromatic heterocycles. The molecule has 0 atom stereocenters. The highest BCUT2D eigenvalue weighted by atomic mass is 35.5. The number of nitrogens with zero attached hydrogens (tertiary/aromatic N) is 3. The molecule has 0 saturated carbocycles. The van der Waals surface area contributed by atoms with Crippen LogP contribution in [0, 0.1) is 0 Å². The lowest BCUT2D eigenvalue weighted by Gasteiger charge is -2.09. The normalized spacial score (nSPS) is 13.0. The van der Waals surface area contributed by atoms with E-state index in [1.807, 2.05) is 61.0 Å². The zero-order valence-corrected chi connectivity index (χ0v) is 21.7. The van der Waals surface area contributed by atoms with Crippen LogP contribution in [0.25, 0.3) is 10.9 Å². The molecule has 188 valence electrons. The van der Waals surface area contributed by atoms with E-state index in [-0.39, 0.29) is 5.91 Å². The summed E-state index contributed by atoms with van der Waals surface area (Å²) in [5.74, 6) is 0.405. The molecule has 0 radical (unpaired) electrons. The summed E-state index contributed by atoms with van der Waals surface area (Å²) in [7, 11) is 1.62. The molecule has 0 aliphatic carbocycles. The van der Waals surface area contributed by atoms with Crippen LogP contribution in [0.5, 0.6) is 0 Å². The van der Waals surface area contributed by atoms with Gasteiger partial charge in [0.05, 0.1) is 35.6 Å². The first-order valence-corrected chi connectivity index (χ1v) is 12.0. The SMILES string of the molecule is C\C=C/C(=C\C(C)=N\C=C(/C)C(=O)Nc1ccc(Cl)c2c1cnn2Cc1ccccc1)OCCOC. The number of ether oxygens (including phenoxy) is 2. The molecule has 0 bridgehead atoms. The number of methoxy groups -OCH3 is 1. The molecule has 0 unspecified atom stereocenters. The van der Waals surface area contributed by atoms with Crippen LogP contribution in [0.4, 0.5) is 5.69 Å². The zero-order chi connectivity index (χ0) is 25.9. The summed E-state index contributed by atoms with van der Waals surface area (Å²) in [5.41, 5.74) is 3.66. The maximum atomic E-state index is 12.9. The fourth-order valence-corrected chi connectivity index (χ4v) is 3.67. The monoisotopic (exact) mass is 506 g/mol. The Balaban J connectivity index is 1.76. The average Bonchev–Trinajstić information content (AvgIpc) is 3.29. The van der Waals surface area contributed by atoms with Crippen LogP contribution in [0.15, 0.2) is 89.4 Å². The number of nitrogens with one attached hydrogen (secondary N) is 1. The highest BCUT2D eigenvalue weighted by Crippen LogP contribution is 2.30. The van der Waals surface area contributed by atoms with Crippen molar-refractivity contribution in [3.05, 3.63) is 95.0 Å². The second-order valence-electron chi connectivity index (χ2n) is 8.07. The Kier molecular flexibility index (Phi) is 10.0. The van der Waals surface area contributed by atoms with Gasteiger partial charge in [0.1, 0.15) is 12.4 Å². The van der Waals surface area contributed by atoms with E-state index in [1.165, 1.54) is 6.20 Å². The molecule has 1 heterocycles. The van der Waals surface area contributed by atoms with Crippen molar-refractivity contribution in [2.75, 3.05) is 25.6 Å². The van der Waals surface area contributed by atoms with Gasteiger partial charge < -0.3 is 14.8 Å². The van der Waals surface area contributed by atoms with Gasteiger partial charge in [-0.1, -0.05) is 48.0 Å². The van der Waals surface area contributed by atoms with Gasteiger partial charge in [0, 0.05) is 36.1 Å². The maximum absolute atomic E-state index is 12.9. The van der Waals surface area contributed by atoms with Gasteiger partial charge in [0.15, 0.2) is 0 Å². The third kappa shape index (κ3) is 7.41. The number of amides is 1. The molecular weight excluding hydrogens is 476 g/mol. The second kappa shape index (κ2) is 13.4. The van der Waals surface area contributed by atoms with Crippen LogP contribution < -0.4 is 5.32 Å². The number of fused-ring (bicyclic) bond motifs is 1. The second-order valence-corrected chi connectivity index (χ2v) is 8.48. The average molecular weight is 507 g/mol. The van der Waals surface area contributed by atoms with Crippen molar-refractivity contribution in [3.8, 4) is 0 Å². The minimum atomic E-state index is -0.264. The molecule has 36 heavy (non-hydrogen) atoms. The molecule has 1 amide bonds. The Hall–Kier alpha value is -3.68. The van der Waals surface area contributed by atoms with E-state index in [0.717, 1.165) is 16.5 Å². The summed E-state index contributed by atoms with van der Waals surface area (Å²) in [6, 6.07) is 13.6. The number of halogens is 1. The molecule has 1 N–H and O–H groups in total. The number of hydrogen-bond donors (Lipinski definition) is 1. The first-order chi connectivity index (χ1) is 17.4. The lowest BCUT2D eigenvalue weighted by atomic mass is 10.2. The highest BCUT2D eigenvalue weighted by Gasteiger charge is 2.14. The number of hydrogen-bond acceptors (Lipinski definition) is 5. The zero-order valence-electron chi connectivity index (χ0n) is 21.0. The lowest BCUT2D eigenvalue weighted by molar-refractivity contribution is -0.112. The van der Waals surface area contributed by atoms with Crippen LogP contribution >= 0.6 is 11.6 Å². The van der Waals surface area contributed by atoms with Crippen LogP contribution in [-0.2, 0) is 20.8 Å². The summed E-state index contributed by atoms with van der Waals surface area (Å²) in [4.78, 5) is 17.3. The summed E-state index contributed by atoms with van der Waals surface area (Å²) < 4.78 is 12.5. The van der Waals surface area contributed by atoms with Crippen LogP contribution in [-0.4, -0.2) is 41.7 Å². The third-order valence-electron chi connectivity index (χ3n) is 5.23. The van der Waals surface area contributed by atoms with Crippen molar-refractivity contribution in [2.24, 2.45) is 4.99 Å². The van der Waals surface area contributed by atoms with Crippen molar-refractivity contribution in [1.29, 1.82) is 0 Å². The van der Waals surface area contributed by atoms with Gasteiger partial charge in [0.25, 0.3) is 5.91 Å². The summed E-state index contributed by atoms with van der Waals surface area (Å²) in [6.45, 7) is 6.97. The van der Waals surface area contributed by atoms with E-state index in [9.17, 15) is 4.79 Å². The molecule has 2 aromatic carbocycles. The molecule has 0 fully saturated rings. The Morgan fingerprint density at radius 2 is 1.94 bits per heavy atom. The molecule has 3 aromatic rings.